The van der Waals surface area contributed by atoms with Crippen LogP contribution in [-0.4, -0.2) is 30.6 Å². The fourth-order valence-electron chi connectivity index (χ4n) is 2.91. The number of nitrogens with two attached hydrogens (primary N) is 1. The molecule has 0 radical (unpaired) electrons. The molecule has 1 rings (SSSR count). The van der Waals surface area contributed by atoms with Crippen LogP contribution in [0.2, 0.25) is 0 Å². The van der Waals surface area contributed by atoms with E-state index in [1.165, 1.54) is 32.4 Å². The second kappa shape index (κ2) is 6.61. The Hall–Kier alpha value is -0.0800. The average molecular weight is 226 g/mol. The monoisotopic (exact) mass is 226 g/mol. The third-order valence-electron chi connectivity index (χ3n) is 3.87. The molecule has 3 atom stereocenters. The zero-order chi connectivity index (χ0) is 12.1. The van der Waals surface area contributed by atoms with Crippen LogP contribution in [-0.2, 0) is 0 Å². The first kappa shape index (κ1) is 14.0. The van der Waals surface area contributed by atoms with Crippen LogP contribution in [0.3, 0.4) is 0 Å². The lowest BCUT2D eigenvalue weighted by Crippen LogP contribution is -2.43. The highest BCUT2D eigenvalue weighted by Crippen LogP contribution is 2.28. The van der Waals surface area contributed by atoms with Crippen molar-refractivity contribution in [2.45, 2.75) is 53.0 Å². The fraction of sp³-hybridized carbons (Fsp3) is 1.00. The molecule has 0 aromatic carbocycles. The molecule has 0 aromatic heterocycles. The molecular weight excluding hydrogens is 196 g/mol. The zero-order valence-corrected chi connectivity index (χ0v) is 11.6. The van der Waals surface area contributed by atoms with E-state index in [0.29, 0.717) is 6.04 Å². The van der Waals surface area contributed by atoms with E-state index in [9.17, 15) is 0 Å². The van der Waals surface area contributed by atoms with Gasteiger partial charge in [-0.15, -0.1) is 0 Å². The topological polar surface area (TPSA) is 29.3 Å². The lowest BCUT2D eigenvalue weighted by Gasteiger charge is -2.36. The Morgan fingerprint density at radius 1 is 1.31 bits per heavy atom. The maximum Gasteiger partial charge on any atom is 0.00795 e. The van der Waals surface area contributed by atoms with Crippen LogP contribution >= 0.6 is 0 Å². The van der Waals surface area contributed by atoms with Crippen molar-refractivity contribution < 1.29 is 0 Å². The molecule has 0 saturated heterocycles. The average Bonchev–Trinajstić information content (AvgIpc) is 2.21. The van der Waals surface area contributed by atoms with Crippen molar-refractivity contribution in [1.29, 1.82) is 0 Å². The highest BCUT2D eigenvalue weighted by atomic mass is 15.1. The summed E-state index contributed by atoms with van der Waals surface area (Å²) in [6, 6.07) is 0.442. The Kier molecular flexibility index (Phi) is 5.77. The van der Waals surface area contributed by atoms with Gasteiger partial charge in [0.15, 0.2) is 0 Å². The van der Waals surface area contributed by atoms with Gasteiger partial charge in [0, 0.05) is 19.1 Å². The van der Waals surface area contributed by atoms with Crippen molar-refractivity contribution in [2.75, 3.05) is 19.6 Å². The maximum absolute atomic E-state index is 6.25. The Balaban J connectivity index is 2.42. The molecule has 2 N–H and O–H groups in total. The van der Waals surface area contributed by atoms with Gasteiger partial charge in [-0.2, -0.15) is 0 Å². The molecule has 2 nitrogen and oxygen atoms in total. The summed E-state index contributed by atoms with van der Waals surface area (Å²) in [5.74, 6) is 2.36. The first-order chi connectivity index (χ1) is 7.52. The number of hydrogen-bond acceptors (Lipinski definition) is 2. The van der Waals surface area contributed by atoms with Crippen molar-refractivity contribution in [2.24, 2.45) is 23.5 Å². The quantitative estimate of drug-likeness (QED) is 0.781. The second-order valence-electron chi connectivity index (χ2n) is 6.09. The second-order valence-corrected chi connectivity index (χ2v) is 6.09. The van der Waals surface area contributed by atoms with E-state index in [0.717, 1.165) is 24.3 Å². The fourth-order valence-corrected chi connectivity index (χ4v) is 2.91. The van der Waals surface area contributed by atoms with Gasteiger partial charge in [-0.1, -0.05) is 27.7 Å². The van der Waals surface area contributed by atoms with Crippen molar-refractivity contribution in [1.82, 2.24) is 4.90 Å². The first-order valence-electron chi connectivity index (χ1n) is 7.00. The molecule has 0 heterocycles. The Bertz CT molecular complexity index is 191. The van der Waals surface area contributed by atoms with E-state index in [4.69, 9.17) is 5.73 Å². The molecule has 1 aliphatic rings. The lowest BCUT2D eigenvalue weighted by atomic mass is 9.79. The van der Waals surface area contributed by atoms with E-state index >= 15 is 0 Å². The van der Waals surface area contributed by atoms with Gasteiger partial charge in [0.25, 0.3) is 0 Å². The molecule has 0 spiro atoms. The van der Waals surface area contributed by atoms with Gasteiger partial charge in [-0.3, -0.25) is 0 Å². The summed E-state index contributed by atoms with van der Waals surface area (Å²) in [5.41, 5.74) is 6.25. The predicted molar refractivity (Wildman–Crippen MR) is 71.4 cm³/mol. The van der Waals surface area contributed by atoms with Crippen LogP contribution in [0.15, 0.2) is 0 Å². The molecule has 0 amide bonds. The summed E-state index contributed by atoms with van der Waals surface area (Å²) in [6.07, 6.45) is 3.88. The van der Waals surface area contributed by atoms with Crippen molar-refractivity contribution in [3.63, 3.8) is 0 Å². The standard InChI is InChI=1S/C14H30N2/c1-5-16(9-11(2)3)10-13-8-12(4)6-7-14(13)15/h11-14H,5-10,15H2,1-4H3. The summed E-state index contributed by atoms with van der Waals surface area (Å²) >= 11 is 0. The zero-order valence-electron chi connectivity index (χ0n) is 11.6. The molecule has 0 bridgehead atoms. The molecule has 0 aliphatic heterocycles. The molecule has 2 heteroatoms. The van der Waals surface area contributed by atoms with Gasteiger partial charge >= 0.3 is 0 Å². The molecule has 1 saturated carbocycles. The minimum Gasteiger partial charge on any atom is -0.327 e. The predicted octanol–water partition coefficient (Wildman–Crippen LogP) is 2.73. The highest BCUT2D eigenvalue weighted by molar-refractivity contribution is 4.83. The Morgan fingerprint density at radius 3 is 2.56 bits per heavy atom. The van der Waals surface area contributed by atoms with E-state index in [2.05, 4.69) is 32.6 Å². The summed E-state index contributed by atoms with van der Waals surface area (Å²) in [7, 11) is 0. The molecule has 3 unspecified atom stereocenters. The smallest absolute Gasteiger partial charge is 0.00795 e. The maximum atomic E-state index is 6.25. The molecule has 1 fully saturated rings. The van der Waals surface area contributed by atoms with Gasteiger partial charge in [0.05, 0.1) is 0 Å². The number of nitrogens with zero attached hydrogens (tertiary/aromatic N) is 1. The van der Waals surface area contributed by atoms with Crippen LogP contribution in [0.25, 0.3) is 0 Å². The third-order valence-corrected chi connectivity index (χ3v) is 3.87. The summed E-state index contributed by atoms with van der Waals surface area (Å²) in [5, 5.41) is 0. The van der Waals surface area contributed by atoms with Gasteiger partial charge < -0.3 is 10.6 Å². The summed E-state index contributed by atoms with van der Waals surface area (Å²) < 4.78 is 0. The normalized spacial score (nSPS) is 31.3. The van der Waals surface area contributed by atoms with Crippen LogP contribution in [0.1, 0.15) is 47.0 Å². The Labute approximate surface area is 102 Å². The van der Waals surface area contributed by atoms with Gasteiger partial charge in [-0.25, -0.2) is 0 Å². The van der Waals surface area contributed by atoms with Gasteiger partial charge in [0.1, 0.15) is 0 Å². The molecule has 0 aromatic rings. The Morgan fingerprint density at radius 2 is 2.00 bits per heavy atom. The lowest BCUT2D eigenvalue weighted by molar-refractivity contribution is 0.155. The van der Waals surface area contributed by atoms with Crippen LogP contribution < -0.4 is 5.73 Å². The molecule has 1 aliphatic carbocycles. The molecule has 16 heavy (non-hydrogen) atoms. The van der Waals surface area contributed by atoms with E-state index in [1.807, 2.05) is 0 Å². The highest BCUT2D eigenvalue weighted by Gasteiger charge is 2.27. The SMILES string of the molecule is CCN(CC(C)C)CC1CC(C)CCC1N. The first-order valence-corrected chi connectivity index (χ1v) is 7.00. The summed E-state index contributed by atoms with van der Waals surface area (Å²) in [4.78, 5) is 2.58. The molecule has 96 valence electrons. The minimum atomic E-state index is 0.442. The largest absolute Gasteiger partial charge is 0.327 e. The third kappa shape index (κ3) is 4.42. The van der Waals surface area contributed by atoms with Crippen LogP contribution in [0, 0.1) is 17.8 Å². The number of hydrogen-bond donors (Lipinski definition) is 1. The summed E-state index contributed by atoms with van der Waals surface area (Å²) in [6.45, 7) is 12.8. The van der Waals surface area contributed by atoms with E-state index in [-0.39, 0.29) is 0 Å². The number of rotatable bonds is 5. The van der Waals surface area contributed by atoms with Crippen molar-refractivity contribution in [3.05, 3.63) is 0 Å². The minimum absolute atomic E-state index is 0.442. The van der Waals surface area contributed by atoms with E-state index in [1.54, 1.807) is 0 Å². The molecular formula is C14H30N2. The van der Waals surface area contributed by atoms with Gasteiger partial charge in [-0.05, 0) is 43.6 Å². The van der Waals surface area contributed by atoms with Gasteiger partial charge in [0.2, 0.25) is 0 Å². The van der Waals surface area contributed by atoms with Crippen molar-refractivity contribution in [3.8, 4) is 0 Å². The van der Waals surface area contributed by atoms with Crippen LogP contribution in [0.4, 0.5) is 0 Å². The van der Waals surface area contributed by atoms with Crippen molar-refractivity contribution >= 4 is 0 Å². The van der Waals surface area contributed by atoms with E-state index < -0.39 is 0 Å². The van der Waals surface area contributed by atoms with Crippen LogP contribution in [0.5, 0.6) is 0 Å².